The molecular formula is C90H113N11O15P2S2. The Labute approximate surface area is 712 Å². The molecule has 6 aromatic carbocycles. The van der Waals surface area contributed by atoms with Crippen LogP contribution in [0.3, 0.4) is 0 Å². The summed E-state index contributed by atoms with van der Waals surface area (Å²) in [6.45, 7) is 15.9. The lowest BCUT2D eigenvalue weighted by molar-refractivity contribution is -0.147. The van der Waals surface area contributed by atoms with Crippen molar-refractivity contribution in [3.63, 3.8) is 0 Å². The number of carbonyl (C=O) groups excluding carboxylic acids is 13. The van der Waals surface area contributed by atoms with Gasteiger partial charge in [-0.15, -0.1) is 0 Å². The second-order valence-electron chi connectivity index (χ2n) is 33.4. The number of nitrogens with two attached hydrogens (primary N) is 1. The van der Waals surface area contributed by atoms with Gasteiger partial charge in [-0.2, -0.15) is 0 Å². The number of amides is 13. The van der Waals surface area contributed by atoms with Gasteiger partial charge in [-0.25, -0.2) is 19.4 Å². The van der Waals surface area contributed by atoms with Gasteiger partial charge in [-0.1, -0.05) is 234 Å². The molecule has 0 aliphatic heterocycles. The molecule has 4 aliphatic carbocycles. The van der Waals surface area contributed by atoms with E-state index >= 15 is 28.8 Å². The number of benzene rings is 6. The van der Waals surface area contributed by atoms with Crippen molar-refractivity contribution in [2.75, 3.05) is 25.5 Å². The summed E-state index contributed by atoms with van der Waals surface area (Å²) in [5, 5.41) is 22.1. The van der Waals surface area contributed by atoms with Crippen molar-refractivity contribution in [3.8, 4) is 22.3 Å². The van der Waals surface area contributed by atoms with Crippen molar-refractivity contribution >= 4 is 123 Å². The van der Waals surface area contributed by atoms with Gasteiger partial charge in [0.2, 0.25) is 53.2 Å². The second-order valence-corrected chi connectivity index (χ2v) is 43.7. The van der Waals surface area contributed by atoms with E-state index in [1.807, 2.05) is 97.1 Å². The molecule has 0 heterocycles. The summed E-state index contributed by atoms with van der Waals surface area (Å²) in [5.74, 6) is -12.1. The highest BCUT2D eigenvalue weighted by molar-refractivity contribution is 8.22. The Morgan fingerprint density at radius 1 is 0.417 bits per heavy atom. The molecule has 26 nitrogen and oxygen atoms in total. The minimum atomic E-state index is -3.61. The van der Waals surface area contributed by atoms with Gasteiger partial charge in [-0.05, 0) is 166 Å². The van der Waals surface area contributed by atoms with E-state index in [0.717, 1.165) is 83.0 Å². The first kappa shape index (κ1) is 92.0. The van der Waals surface area contributed by atoms with Crippen molar-refractivity contribution in [1.82, 2.24) is 52.3 Å². The summed E-state index contributed by atoms with van der Waals surface area (Å²) < 4.78 is 13.3. The molecule has 2 fully saturated rings. The third kappa shape index (κ3) is 21.4. The first-order valence-electron chi connectivity index (χ1n) is 41.3. The summed E-state index contributed by atoms with van der Waals surface area (Å²) in [7, 11) is 0. The van der Waals surface area contributed by atoms with Gasteiger partial charge in [-0.3, -0.25) is 52.7 Å². The predicted molar refractivity (Wildman–Crippen MR) is 470 cm³/mol. The van der Waals surface area contributed by atoms with Crippen molar-refractivity contribution < 1.29 is 71.8 Å². The second kappa shape index (κ2) is 39.9. The summed E-state index contributed by atoms with van der Waals surface area (Å²) in [4.78, 5) is 196. The van der Waals surface area contributed by atoms with E-state index in [2.05, 4.69) is 42.5 Å². The molecule has 0 unspecified atom stereocenters. The molecule has 6 aromatic rings. The fraction of sp³-hybridized carbons (Fsp3) is 0.456. The van der Waals surface area contributed by atoms with Crippen LogP contribution >= 0.6 is 12.1 Å². The molecule has 0 spiro atoms. The molecule has 8 atom stereocenters. The molecule has 13 amide bonds. The average Bonchev–Trinajstić information content (AvgIpc) is 1.63. The Kier molecular flexibility index (Phi) is 30.6. The van der Waals surface area contributed by atoms with E-state index in [0.29, 0.717) is 46.1 Å². The molecule has 10 rings (SSSR count). The number of fused-ring (bicyclic) bond motifs is 6. The summed E-state index contributed by atoms with van der Waals surface area (Å²) in [5.41, 5.74) is 8.26. The smallest absolute Gasteiger partial charge is 0.417 e. The third-order valence-electron chi connectivity index (χ3n) is 23.4. The number of carbonyl (C=O) groups is 13. The topological polar surface area (TPSA) is 369 Å². The average molecular weight is 1720 g/mol. The number of hydrogen-bond donors (Lipinski definition) is 9. The van der Waals surface area contributed by atoms with Crippen molar-refractivity contribution in [1.29, 1.82) is 0 Å². The monoisotopic (exact) mass is 1710 g/mol. The molecule has 0 radical (unpaired) electrons. The van der Waals surface area contributed by atoms with Crippen LogP contribution in [-0.4, -0.2) is 183 Å². The van der Waals surface area contributed by atoms with Gasteiger partial charge in [0.1, 0.15) is 72.6 Å². The van der Waals surface area contributed by atoms with Crippen LogP contribution in [0.15, 0.2) is 158 Å². The SMILES string of the molecule is CC(=O)N[C@@H](C)C(=O)NC(C)(C)C(=O)N[C@@H](C)C(=O)N[C@H](C(=O)N[C@@H](C)C(=O)N(C(=O)OCC1c2ccccc2-c2ccccc21)[C@@H](CP(=S)(C1CCCCC1)C1CCCCC1)C(=O)N(C(=O)OCC1c2ccccc2-c2ccccc21)[C@@H](CP(=S)(c1ccccc1)c1ccccc1)C(=O)N[C@@H](C)C(=O)NC(C)(C)C(=O)N[C@@H](C)C(N)=O)C(C)C. The van der Waals surface area contributed by atoms with E-state index < -0.39 is 192 Å². The molecule has 0 bridgehead atoms. The van der Waals surface area contributed by atoms with Gasteiger partial charge in [0.05, 0.1) is 0 Å². The van der Waals surface area contributed by atoms with E-state index in [9.17, 15) is 33.6 Å². The Hall–Kier alpha value is -10.3. The standard InChI is InChI=1S/C90H113N11O15P2S2/c1-53(2)76(97-78(104)55(4)96-86(112)90(11,12)98-79(105)56(5)92-59(8)102)82(108)94-58(7)83(109)101(88(114)116-50-73-70-47-31-27-43-66(70)67-44-28-32-48-71(67)73)75(52-118(120,62-37-21-15-22-38-62)63-39-23-16-24-40-63)84(110)100(87(113)115-49-72-68-45-29-25-41-64(68)65-42-26-30-46-69(65)72)74(51-117(119,60-33-17-13-18-34-60)61-35-19-14-20-36-61)81(107)93-57(6)80(106)99-89(9,10)85(111)95-54(3)77(91)103/h13-14,17-20,25-36,41-48,53-58,62-63,72-76H,15-16,21-24,37-40,49-52H2,1-12H3,(H2,91,103)(H,92,102)(H,93,107)(H,94,108)(H,95,111)(H,96,112)(H,97,104)(H,98,105)(H,99,106)/t54-,55-,56-,57-,58-,74-,75-,76-/m0/s1. The first-order chi connectivity index (χ1) is 56.9. The van der Waals surface area contributed by atoms with E-state index in [-0.39, 0.29) is 11.3 Å². The van der Waals surface area contributed by atoms with Crippen LogP contribution < -0.4 is 58.9 Å². The van der Waals surface area contributed by atoms with Crippen LogP contribution in [0.4, 0.5) is 9.59 Å². The lowest BCUT2D eigenvalue weighted by Crippen LogP contribution is -2.65. The van der Waals surface area contributed by atoms with E-state index in [1.54, 1.807) is 74.5 Å². The quantitative estimate of drug-likeness (QED) is 0.0173. The van der Waals surface area contributed by atoms with Gasteiger partial charge >= 0.3 is 12.2 Å². The Balaban J connectivity index is 1.15. The van der Waals surface area contributed by atoms with Crippen LogP contribution in [0.5, 0.6) is 0 Å². The number of ether oxygens (including phenoxy) is 2. The maximum absolute atomic E-state index is 18.2. The maximum atomic E-state index is 18.2. The van der Waals surface area contributed by atoms with E-state index in [1.165, 1.54) is 69.2 Å². The zero-order valence-corrected chi connectivity index (χ0v) is 73.6. The third-order valence-corrected chi connectivity index (χ3v) is 34.9. The lowest BCUT2D eigenvalue weighted by atomic mass is 9.98. The fourth-order valence-corrected chi connectivity index (χ4v) is 26.8. The molecule has 0 aromatic heterocycles. The number of hydrogen-bond acceptors (Lipinski definition) is 17. The van der Waals surface area contributed by atoms with Crippen LogP contribution in [0.2, 0.25) is 0 Å². The molecule has 10 N–H and O–H groups in total. The molecule has 4 aliphatic rings. The molecule has 2 saturated carbocycles. The molecule has 30 heteroatoms. The van der Waals surface area contributed by atoms with E-state index in [4.69, 9.17) is 38.8 Å². The Bertz CT molecular complexity index is 4780. The normalized spacial score (nSPS) is 16.3. The highest BCUT2D eigenvalue weighted by Crippen LogP contribution is 2.64. The van der Waals surface area contributed by atoms with Crippen LogP contribution in [0.1, 0.15) is 181 Å². The first-order valence-corrected chi connectivity index (χ1v) is 47.4. The van der Waals surface area contributed by atoms with Gasteiger partial charge in [0.15, 0.2) is 0 Å². The van der Waals surface area contributed by atoms with Gasteiger partial charge in [0.25, 0.3) is 11.8 Å². The molecule has 640 valence electrons. The lowest BCUT2D eigenvalue weighted by Gasteiger charge is -2.45. The Morgan fingerprint density at radius 3 is 1.17 bits per heavy atom. The minimum Gasteiger partial charge on any atom is -0.448 e. The minimum absolute atomic E-state index is 0.225. The van der Waals surface area contributed by atoms with Crippen LogP contribution in [-0.2, 0) is 85.8 Å². The summed E-state index contributed by atoms with van der Waals surface area (Å²) in [6.07, 6.45) is 3.68. The van der Waals surface area contributed by atoms with Crippen molar-refractivity contribution in [3.05, 3.63) is 180 Å². The number of nitrogens with zero attached hydrogens (tertiary/aromatic N) is 2. The molecule has 120 heavy (non-hydrogen) atoms. The van der Waals surface area contributed by atoms with Gasteiger partial charge in [0, 0.05) is 37.1 Å². The highest BCUT2D eigenvalue weighted by Gasteiger charge is 2.53. The number of nitrogens with one attached hydrogen (secondary N) is 8. The summed E-state index contributed by atoms with van der Waals surface area (Å²) in [6, 6.07) is 28.5. The van der Waals surface area contributed by atoms with Crippen LogP contribution in [0.25, 0.3) is 22.3 Å². The fourth-order valence-electron chi connectivity index (χ4n) is 16.6. The zero-order chi connectivity index (χ0) is 87.3. The van der Waals surface area contributed by atoms with Gasteiger partial charge < -0.3 is 57.7 Å². The Morgan fingerprint density at radius 2 is 0.775 bits per heavy atom. The largest absolute Gasteiger partial charge is 0.448 e. The van der Waals surface area contributed by atoms with Crippen molar-refractivity contribution in [2.24, 2.45) is 11.7 Å². The molecule has 0 saturated heterocycles. The number of imide groups is 2. The highest BCUT2D eigenvalue weighted by atomic mass is 32.4. The predicted octanol–water partition coefficient (Wildman–Crippen LogP) is 9.51. The number of primary amides is 1. The van der Waals surface area contributed by atoms with Crippen molar-refractivity contribution in [2.45, 2.75) is 230 Å². The summed E-state index contributed by atoms with van der Waals surface area (Å²) >= 11 is 14.4. The van der Waals surface area contributed by atoms with Crippen LogP contribution in [0, 0.1) is 5.92 Å². The zero-order valence-electron chi connectivity index (χ0n) is 70.2. The number of rotatable bonds is 33. The molecular weight excluding hydrogens is 1600 g/mol. The maximum Gasteiger partial charge on any atom is 0.417 e.